The maximum absolute atomic E-state index is 13.1. The quantitative estimate of drug-likeness (QED) is 0.858. The monoisotopic (exact) mass is 340 g/mol. The molecule has 2 atom stereocenters. The minimum absolute atomic E-state index is 0.0217. The van der Waals surface area contributed by atoms with E-state index in [0.717, 1.165) is 32.4 Å². The Morgan fingerprint density at radius 3 is 2.74 bits per heavy atom. The standard InChI is InChI=1S/C15H24N4O3S/c1-3-11-8-18-6-4-5-12(18)9-19(11)23(21,22)13-7-14(15(16)20)17(2)10-13/h7,10-12H,3-6,8-9H2,1-2H3,(H2,16,20)/t11-,12-/m0/s1. The van der Waals surface area contributed by atoms with Crippen LogP contribution in [0.2, 0.25) is 0 Å². The first-order valence-corrected chi connectivity index (χ1v) is 9.50. The van der Waals surface area contributed by atoms with Crippen LogP contribution in [0.15, 0.2) is 17.2 Å². The summed E-state index contributed by atoms with van der Waals surface area (Å²) in [6.07, 6.45) is 4.43. The van der Waals surface area contributed by atoms with Crippen molar-refractivity contribution in [2.75, 3.05) is 19.6 Å². The number of primary amides is 1. The number of amides is 1. The van der Waals surface area contributed by atoms with Gasteiger partial charge in [-0.3, -0.25) is 9.69 Å². The highest BCUT2D eigenvalue weighted by Crippen LogP contribution is 2.30. The zero-order valence-electron chi connectivity index (χ0n) is 13.6. The van der Waals surface area contributed by atoms with Crippen LogP contribution >= 0.6 is 0 Å². The molecule has 3 heterocycles. The van der Waals surface area contributed by atoms with Crippen LogP contribution in [0.3, 0.4) is 0 Å². The fourth-order valence-corrected chi connectivity index (χ4v) is 5.54. The summed E-state index contributed by atoms with van der Waals surface area (Å²) < 4.78 is 29.2. The number of carbonyl (C=O) groups is 1. The Bertz CT molecular complexity index is 712. The first-order chi connectivity index (χ1) is 10.8. The van der Waals surface area contributed by atoms with E-state index in [-0.39, 0.29) is 16.6 Å². The highest BCUT2D eigenvalue weighted by molar-refractivity contribution is 7.89. The molecule has 0 aromatic carbocycles. The summed E-state index contributed by atoms with van der Waals surface area (Å²) in [6.45, 7) is 4.40. The molecule has 2 aliphatic heterocycles. The molecular weight excluding hydrogens is 316 g/mol. The predicted octanol–water partition coefficient (Wildman–Crippen LogP) is 0.371. The topological polar surface area (TPSA) is 88.6 Å². The number of sulfonamides is 1. The fourth-order valence-electron chi connectivity index (χ4n) is 3.74. The third-order valence-corrected chi connectivity index (χ3v) is 6.94. The average Bonchev–Trinajstić information content (AvgIpc) is 3.11. The molecule has 23 heavy (non-hydrogen) atoms. The smallest absolute Gasteiger partial charge is 0.265 e. The Labute approximate surface area is 137 Å². The van der Waals surface area contributed by atoms with Crippen LogP contribution in [0.1, 0.15) is 36.7 Å². The SMILES string of the molecule is CC[C@H]1CN2CCC[C@H]2CN1S(=O)(=O)c1cc(C(N)=O)n(C)c1. The molecule has 7 nitrogen and oxygen atoms in total. The van der Waals surface area contributed by atoms with Gasteiger partial charge in [-0.05, 0) is 31.9 Å². The summed E-state index contributed by atoms with van der Waals surface area (Å²) in [5.74, 6) is -0.624. The second kappa shape index (κ2) is 5.92. The number of rotatable bonds is 4. The number of hydrogen-bond acceptors (Lipinski definition) is 4. The van der Waals surface area contributed by atoms with Gasteiger partial charge in [0, 0.05) is 38.4 Å². The molecule has 0 bridgehead atoms. The molecule has 2 saturated heterocycles. The van der Waals surface area contributed by atoms with Crippen molar-refractivity contribution in [2.24, 2.45) is 12.8 Å². The Morgan fingerprint density at radius 1 is 1.39 bits per heavy atom. The van der Waals surface area contributed by atoms with Gasteiger partial charge in [0.2, 0.25) is 10.0 Å². The van der Waals surface area contributed by atoms with Gasteiger partial charge in [0.1, 0.15) is 10.6 Å². The van der Waals surface area contributed by atoms with E-state index >= 15 is 0 Å². The fraction of sp³-hybridized carbons (Fsp3) is 0.667. The molecule has 2 fully saturated rings. The lowest BCUT2D eigenvalue weighted by atomic mass is 10.1. The number of carbonyl (C=O) groups excluding carboxylic acids is 1. The van der Waals surface area contributed by atoms with Crippen LogP contribution in [0.5, 0.6) is 0 Å². The van der Waals surface area contributed by atoms with E-state index in [2.05, 4.69) is 4.90 Å². The summed E-state index contributed by atoms with van der Waals surface area (Å²) in [6, 6.07) is 1.67. The Hall–Kier alpha value is -1.38. The molecule has 8 heteroatoms. The van der Waals surface area contributed by atoms with Crippen LogP contribution < -0.4 is 5.73 Å². The number of aryl methyl sites for hydroxylation is 1. The van der Waals surface area contributed by atoms with Crippen LogP contribution in [-0.2, 0) is 17.1 Å². The highest BCUT2D eigenvalue weighted by Gasteiger charge is 2.41. The number of hydrogen-bond donors (Lipinski definition) is 1. The summed E-state index contributed by atoms with van der Waals surface area (Å²) in [4.78, 5) is 13.9. The van der Waals surface area contributed by atoms with Gasteiger partial charge in [-0.15, -0.1) is 0 Å². The van der Waals surface area contributed by atoms with E-state index in [1.165, 1.54) is 16.8 Å². The maximum Gasteiger partial charge on any atom is 0.265 e. The van der Waals surface area contributed by atoms with Gasteiger partial charge in [-0.1, -0.05) is 6.92 Å². The number of nitrogens with two attached hydrogens (primary N) is 1. The van der Waals surface area contributed by atoms with Crippen molar-refractivity contribution in [3.63, 3.8) is 0 Å². The maximum atomic E-state index is 13.1. The lowest BCUT2D eigenvalue weighted by Crippen LogP contribution is -2.57. The van der Waals surface area contributed by atoms with Gasteiger partial charge in [0.05, 0.1) is 0 Å². The molecule has 2 aliphatic rings. The van der Waals surface area contributed by atoms with E-state index in [4.69, 9.17) is 5.73 Å². The molecule has 128 valence electrons. The first-order valence-electron chi connectivity index (χ1n) is 8.06. The van der Waals surface area contributed by atoms with Crippen molar-refractivity contribution in [2.45, 2.75) is 43.2 Å². The van der Waals surface area contributed by atoms with Gasteiger partial charge in [-0.25, -0.2) is 8.42 Å². The highest BCUT2D eigenvalue weighted by atomic mass is 32.2. The molecule has 0 radical (unpaired) electrons. The van der Waals surface area contributed by atoms with Gasteiger partial charge in [-0.2, -0.15) is 4.31 Å². The summed E-state index contributed by atoms with van der Waals surface area (Å²) in [7, 11) is -1.99. The lowest BCUT2D eigenvalue weighted by molar-refractivity contribution is 0.0992. The van der Waals surface area contributed by atoms with Gasteiger partial charge in [0.25, 0.3) is 5.91 Å². The molecule has 0 saturated carbocycles. The van der Waals surface area contributed by atoms with Crippen molar-refractivity contribution >= 4 is 15.9 Å². The lowest BCUT2D eigenvalue weighted by Gasteiger charge is -2.42. The minimum atomic E-state index is -3.62. The molecular formula is C15H24N4O3S. The first kappa shape index (κ1) is 16.5. The third kappa shape index (κ3) is 2.79. The van der Waals surface area contributed by atoms with Crippen molar-refractivity contribution in [3.05, 3.63) is 18.0 Å². The zero-order valence-corrected chi connectivity index (χ0v) is 14.4. The van der Waals surface area contributed by atoms with Gasteiger partial charge in [0.15, 0.2) is 0 Å². The molecule has 1 aromatic rings. The van der Waals surface area contributed by atoms with Crippen LogP contribution in [-0.4, -0.2) is 59.8 Å². The summed E-state index contributed by atoms with van der Waals surface area (Å²) in [5.41, 5.74) is 5.50. The zero-order chi connectivity index (χ0) is 16.8. The van der Waals surface area contributed by atoms with Crippen LogP contribution in [0.25, 0.3) is 0 Å². The normalized spacial score (nSPS) is 26.3. The van der Waals surface area contributed by atoms with Crippen molar-refractivity contribution in [3.8, 4) is 0 Å². The average molecular weight is 340 g/mol. The number of aromatic nitrogens is 1. The van der Waals surface area contributed by atoms with Crippen LogP contribution in [0.4, 0.5) is 0 Å². The number of piperazine rings is 1. The van der Waals surface area contributed by atoms with E-state index in [9.17, 15) is 13.2 Å². The van der Waals surface area contributed by atoms with Crippen molar-refractivity contribution in [1.29, 1.82) is 0 Å². The Morgan fingerprint density at radius 2 is 2.13 bits per heavy atom. The van der Waals surface area contributed by atoms with E-state index < -0.39 is 15.9 Å². The largest absolute Gasteiger partial charge is 0.364 e. The molecule has 3 rings (SSSR count). The van der Waals surface area contributed by atoms with Crippen LogP contribution in [0, 0.1) is 0 Å². The number of nitrogens with zero attached hydrogens (tertiary/aromatic N) is 3. The molecule has 2 N–H and O–H groups in total. The second-order valence-corrected chi connectivity index (χ2v) is 8.35. The molecule has 1 amide bonds. The summed E-state index contributed by atoms with van der Waals surface area (Å²) in [5, 5.41) is 0. The predicted molar refractivity (Wildman–Crippen MR) is 86.5 cm³/mol. The van der Waals surface area contributed by atoms with Gasteiger partial charge < -0.3 is 10.3 Å². The Kier molecular flexibility index (Phi) is 4.24. The van der Waals surface area contributed by atoms with E-state index in [0.29, 0.717) is 12.6 Å². The van der Waals surface area contributed by atoms with Crippen molar-refractivity contribution in [1.82, 2.24) is 13.8 Å². The molecule has 1 aromatic heterocycles. The molecule has 0 aliphatic carbocycles. The Balaban J connectivity index is 1.94. The van der Waals surface area contributed by atoms with Gasteiger partial charge >= 0.3 is 0 Å². The van der Waals surface area contributed by atoms with E-state index in [1.807, 2.05) is 6.92 Å². The second-order valence-electron chi connectivity index (χ2n) is 6.46. The molecule has 0 spiro atoms. The third-order valence-electron chi connectivity index (χ3n) is 5.05. The number of fused-ring (bicyclic) bond motifs is 1. The van der Waals surface area contributed by atoms with Crippen molar-refractivity contribution < 1.29 is 13.2 Å². The minimum Gasteiger partial charge on any atom is -0.364 e. The molecule has 0 unspecified atom stereocenters. The summed E-state index contributed by atoms with van der Waals surface area (Å²) >= 11 is 0. The van der Waals surface area contributed by atoms with E-state index in [1.54, 1.807) is 11.4 Å².